The second-order valence-corrected chi connectivity index (χ2v) is 10.3. The summed E-state index contributed by atoms with van der Waals surface area (Å²) in [6.07, 6.45) is -0.558. The summed E-state index contributed by atoms with van der Waals surface area (Å²) in [5.41, 5.74) is -1.22. The smallest absolute Gasteiger partial charge is 0.187 e. The van der Waals surface area contributed by atoms with Gasteiger partial charge in [-0.05, 0) is 70.1 Å². The van der Waals surface area contributed by atoms with Crippen LogP contribution in [0.1, 0.15) is 66.2 Å². The quantitative estimate of drug-likeness (QED) is 0.475. The van der Waals surface area contributed by atoms with Gasteiger partial charge < -0.3 is 35.0 Å². The standard InChI is InChI=1S/C21H38O7/c1-19(2,28-18-17(25)16(24)15(23)13(11-22)27-18)12-6-9-20(3)7-5-8-21(4,26)14(20)10-12/h12-18,22-26H,5-11H2,1-4H3/t12-,13?,14-,15+,16-,17+,18-,20-,21-/m0/s1. The van der Waals surface area contributed by atoms with Crippen LogP contribution in [0.3, 0.4) is 0 Å². The highest BCUT2D eigenvalue weighted by atomic mass is 16.7. The first-order valence-corrected chi connectivity index (χ1v) is 10.6. The molecule has 7 heteroatoms. The molecule has 3 fully saturated rings. The fourth-order valence-corrected chi connectivity index (χ4v) is 5.88. The van der Waals surface area contributed by atoms with Crippen LogP contribution in [0.15, 0.2) is 0 Å². The molecular formula is C21H38O7. The van der Waals surface area contributed by atoms with E-state index < -0.39 is 48.5 Å². The third-order valence-electron chi connectivity index (χ3n) is 7.86. The third-order valence-corrected chi connectivity index (χ3v) is 7.86. The van der Waals surface area contributed by atoms with Crippen molar-refractivity contribution in [2.75, 3.05) is 6.61 Å². The molecule has 0 spiro atoms. The van der Waals surface area contributed by atoms with E-state index in [0.29, 0.717) is 0 Å². The van der Waals surface area contributed by atoms with Crippen LogP contribution >= 0.6 is 0 Å². The molecule has 2 saturated carbocycles. The lowest BCUT2D eigenvalue weighted by Crippen LogP contribution is -2.61. The molecule has 3 aliphatic rings. The molecule has 9 atom stereocenters. The Hall–Kier alpha value is -0.280. The summed E-state index contributed by atoms with van der Waals surface area (Å²) in [5, 5.41) is 50.7. The summed E-state index contributed by atoms with van der Waals surface area (Å²) in [6, 6.07) is 0. The molecule has 5 N–H and O–H groups in total. The van der Waals surface area contributed by atoms with Gasteiger partial charge in [-0.15, -0.1) is 0 Å². The van der Waals surface area contributed by atoms with Crippen molar-refractivity contribution in [1.29, 1.82) is 0 Å². The molecular weight excluding hydrogens is 364 g/mol. The van der Waals surface area contributed by atoms with Crippen LogP contribution in [0, 0.1) is 17.3 Å². The van der Waals surface area contributed by atoms with Crippen molar-refractivity contribution in [3.63, 3.8) is 0 Å². The van der Waals surface area contributed by atoms with Crippen LogP contribution in [0.25, 0.3) is 0 Å². The predicted molar refractivity (Wildman–Crippen MR) is 102 cm³/mol. The second-order valence-electron chi connectivity index (χ2n) is 10.3. The largest absolute Gasteiger partial charge is 0.394 e. The lowest BCUT2D eigenvalue weighted by atomic mass is 9.52. The van der Waals surface area contributed by atoms with E-state index >= 15 is 0 Å². The number of fused-ring (bicyclic) bond motifs is 1. The van der Waals surface area contributed by atoms with Crippen molar-refractivity contribution in [3.05, 3.63) is 0 Å². The number of ether oxygens (including phenoxy) is 2. The zero-order valence-electron chi connectivity index (χ0n) is 17.5. The van der Waals surface area contributed by atoms with Crippen LogP contribution in [-0.4, -0.2) is 74.0 Å². The van der Waals surface area contributed by atoms with Crippen molar-refractivity contribution in [3.8, 4) is 0 Å². The Morgan fingerprint density at radius 2 is 1.71 bits per heavy atom. The number of aliphatic hydroxyl groups excluding tert-OH is 4. The van der Waals surface area contributed by atoms with Gasteiger partial charge in [0.25, 0.3) is 0 Å². The number of hydrogen-bond acceptors (Lipinski definition) is 7. The minimum atomic E-state index is -1.44. The third kappa shape index (κ3) is 4.00. The first kappa shape index (κ1) is 22.4. The van der Waals surface area contributed by atoms with E-state index in [4.69, 9.17) is 9.47 Å². The monoisotopic (exact) mass is 402 g/mol. The summed E-state index contributed by atoms with van der Waals surface area (Å²) >= 11 is 0. The average molecular weight is 403 g/mol. The molecule has 164 valence electrons. The van der Waals surface area contributed by atoms with Gasteiger partial charge in [0, 0.05) is 0 Å². The Morgan fingerprint density at radius 3 is 2.36 bits per heavy atom. The average Bonchev–Trinajstić information content (AvgIpc) is 2.61. The van der Waals surface area contributed by atoms with Crippen molar-refractivity contribution in [2.24, 2.45) is 17.3 Å². The molecule has 1 aliphatic heterocycles. The SMILES string of the molecule is CC(C)(O[C@@H]1OC(CO)[C@@H](O)[C@H](O)[C@H]1O)[C@H]1CC[C@]2(C)CCC[C@](C)(O)[C@H]2C1. The van der Waals surface area contributed by atoms with E-state index in [2.05, 4.69) is 6.92 Å². The minimum Gasteiger partial charge on any atom is -0.394 e. The summed E-state index contributed by atoms with van der Waals surface area (Å²) in [6.45, 7) is 7.65. The van der Waals surface area contributed by atoms with E-state index in [0.717, 1.165) is 38.5 Å². The van der Waals surface area contributed by atoms with Crippen molar-refractivity contribution < 1.29 is 35.0 Å². The maximum atomic E-state index is 11.0. The molecule has 1 heterocycles. The van der Waals surface area contributed by atoms with E-state index in [1.165, 1.54) is 0 Å². The molecule has 3 rings (SSSR count). The van der Waals surface area contributed by atoms with E-state index in [1.54, 1.807) is 0 Å². The van der Waals surface area contributed by atoms with Crippen molar-refractivity contribution >= 4 is 0 Å². The highest BCUT2D eigenvalue weighted by Gasteiger charge is 2.54. The zero-order valence-corrected chi connectivity index (χ0v) is 17.5. The van der Waals surface area contributed by atoms with Gasteiger partial charge in [0.15, 0.2) is 6.29 Å². The first-order valence-electron chi connectivity index (χ1n) is 10.6. The second kappa shape index (κ2) is 7.76. The van der Waals surface area contributed by atoms with Gasteiger partial charge in [0.05, 0.1) is 17.8 Å². The fourth-order valence-electron chi connectivity index (χ4n) is 5.88. The lowest BCUT2D eigenvalue weighted by molar-refractivity contribution is -0.331. The Kier molecular flexibility index (Phi) is 6.21. The molecule has 0 aromatic rings. The fraction of sp³-hybridized carbons (Fsp3) is 1.00. The van der Waals surface area contributed by atoms with Gasteiger partial charge in [0.1, 0.15) is 24.4 Å². The molecule has 2 aliphatic carbocycles. The van der Waals surface area contributed by atoms with E-state index in [-0.39, 0.29) is 17.3 Å². The number of rotatable bonds is 4. The Bertz CT molecular complexity index is 549. The first-order chi connectivity index (χ1) is 12.9. The van der Waals surface area contributed by atoms with Crippen molar-refractivity contribution in [2.45, 2.75) is 108 Å². The molecule has 7 nitrogen and oxygen atoms in total. The highest BCUT2D eigenvalue weighted by molar-refractivity contribution is 5.03. The zero-order chi connectivity index (χ0) is 20.9. The molecule has 0 aromatic heterocycles. The van der Waals surface area contributed by atoms with Gasteiger partial charge in [-0.2, -0.15) is 0 Å². The van der Waals surface area contributed by atoms with Gasteiger partial charge in [-0.25, -0.2) is 0 Å². The maximum absolute atomic E-state index is 11.0. The minimum absolute atomic E-state index is 0.136. The Morgan fingerprint density at radius 1 is 1.04 bits per heavy atom. The molecule has 0 aromatic carbocycles. The summed E-state index contributed by atoms with van der Waals surface area (Å²) < 4.78 is 11.7. The van der Waals surface area contributed by atoms with E-state index in [1.807, 2.05) is 20.8 Å². The van der Waals surface area contributed by atoms with E-state index in [9.17, 15) is 25.5 Å². The Labute approximate surface area is 167 Å². The molecule has 1 unspecified atom stereocenters. The molecule has 0 radical (unpaired) electrons. The van der Waals surface area contributed by atoms with Crippen LogP contribution in [-0.2, 0) is 9.47 Å². The van der Waals surface area contributed by atoms with Gasteiger partial charge in [-0.3, -0.25) is 0 Å². The van der Waals surface area contributed by atoms with Crippen LogP contribution in [0.4, 0.5) is 0 Å². The van der Waals surface area contributed by atoms with Crippen molar-refractivity contribution in [1.82, 2.24) is 0 Å². The van der Waals surface area contributed by atoms with Crippen LogP contribution in [0.5, 0.6) is 0 Å². The number of hydrogen-bond donors (Lipinski definition) is 5. The normalized spacial score (nSPS) is 50.2. The molecule has 0 bridgehead atoms. The Balaban J connectivity index is 1.72. The lowest BCUT2D eigenvalue weighted by Gasteiger charge is -2.56. The topological polar surface area (TPSA) is 120 Å². The van der Waals surface area contributed by atoms with Gasteiger partial charge >= 0.3 is 0 Å². The van der Waals surface area contributed by atoms with Gasteiger partial charge in [0.2, 0.25) is 0 Å². The number of aliphatic hydroxyl groups is 5. The van der Waals surface area contributed by atoms with Crippen LogP contribution < -0.4 is 0 Å². The highest BCUT2D eigenvalue weighted by Crippen LogP contribution is 2.57. The summed E-state index contributed by atoms with van der Waals surface area (Å²) in [4.78, 5) is 0. The van der Waals surface area contributed by atoms with Crippen LogP contribution in [0.2, 0.25) is 0 Å². The summed E-state index contributed by atoms with van der Waals surface area (Å²) in [5.74, 6) is 0.340. The van der Waals surface area contributed by atoms with Gasteiger partial charge in [-0.1, -0.05) is 13.3 Å². The molecule has 1 saturated heterocycles. The maximum Gasteiger partial charge on any atom is 0.187 e. The molecule has 28 heavy (non-hydrogen) atoms. The molecule has 0 amide bonds. The predicted octanol–water partition coefficient (Wildman–Crippen LogP) is 0.939. The summed E-state index contributed by atoms with van der Waals surface area (Å²) in [7, 11) is 0.